The van der Waals surface area contributed by atoms with E-state index >= 15 is 0 Å². The number of rotatable bonds is 6. The van der Waals surface area contributed by atoms with E-state index in [1.807, 2.05) is 0 Å². The Balaban J connectivity index is 1.26. The van der Waals surface area contributed by atoms with Gasteiger partial charge in [-0.2, -0.15) is 0 Å². The van der Waals surface area contributed by atoms with Crippen LogP contribution >= 0.6 is 0 Å². The lowest BCUT2D eigenvalue weighted by atomic mass is 9.72. The average Bonchev–Trinajstić information content (AvgIpc) is 3.51. The third-order valence-corrected chi connectivity index (χ3v) is 10.1. The topological polar surface area (TPSA) is 3.24 Å². The highest BCUT2D eigenvalue weighted by Gasteiger charge is 2.44. The smallest absolute Gasteiger partial charge is 0.108 e. The predicted molar refractivity (Wildman–Crippen MR) is 217 cm³/mol. The summed E-state index contributed by atoms with van der Waals surface area (Å²) in [6.07, 6.45) is 0. The summed E-state index contributed by atoms with van der Waals surface area (Å²) in [5.41, 5.74) is 14.3. The monoisotopic (exact) mass is 661 g/mol. The maximum atomic E-state index is 3.94. The highest BCUT2D eigenvalue weighted by molar-refractivity contribution is 5.89. The number of benzene rings is 8. The third-order valence-electron chi connectivity index (χ3n) is 10.1. The van der Waals surface area contributed by atoms with Crippen molar-refractivity contribution in [1.82, 2.24) is 0 Å². The van der Waals surface area contributed by atoms with E-state index in [0.29, 0.717) is 0 Å². The number of para-hydroxylation sites is 2. The molecule has 0 fully saturated rings. The van der Waals surface area contributed by atoms with Crippen molar-refractivity contribution in [2.24, 2.45) is 0 Å². The van der Waals surface area contributed by atoms with Gasteiger partial charge in [0, 0.05) is 22.6 Å². The van der Waals surface area contributed by atoms with E-state index in [2.05, 4.69) is 229 Å². The molecule has 1 unspecified atom stereocenters. The second kappa shape index (κ2) is 13.4. The maximum absolute atomic E-state index is 3.94. The van der Waals surface area contributed by atoms with Gasteiger partial charge >= 0.3 is 0 Å². The molecule has 0 aliphatic heterocycles. The van der Waals surface area contributed by atoms with Crippen molar-refractivity contribution in [2.45, 2.75) is 5.41 Å². The van der Waals surface area contributed by atoms with E-state index in [9.17, 15) is 0 Å². The first-order valence-corrected chi connectivity index (χ1v) is 17.8. The molecule has 8 aromatic rings. The Morgan fingerprint density at radius 2 is 0.808 bits per heavy atom. The molecule has 0 bridgehead atoms. The van der Waals surface area contributed by atoms with Crippen LogP contribution in [0.3, 0.4) is 0 Å². The summed E-state index contributed by atoms with van der Waals surface area (Å²) in [5, 5.41) is 0. The average molecular weight is 662 g/mol. The normalized spacial score (nSPS) is 14.1. The first-order valence-electron chi connectivity index (χ1n) is 17.8. The van der Waals surface area contributed by atoms with Gasteiger partial charge < -0.3 is 4.90 Å². The fraction of sp³-hybridized carbons (Fsp3) is 0.0196. The predicted octanol–water partition coefficient (Wildman–Crippen LogP) is 12.9. The largest absolute Gasteiger partial charge is 0.310 e. The van der Waals surface area contributed by atoms with E-state index in [1.165, 1.54) is 44.5 Å². The summed E-state index contributed by atoms with van der Waals surface area (Å²) < 4.78 is 0. The van der Waals surface area contributed by atoms with Crippen molar-refractivity contribution in [3.8, 4) is 45.2 Å². The van der Waals surface area contributed by atoms with Gasteiger partial charge in [-0.05, 0) is 98.6 Å². The van der Waals surface area contributed by atoms with Crippen LogP contribution in [0, 0.1) is 11.8 Å². The van der Waals surface area contributed by atoms with Crippen molar-refractivity contribution in [3.63, 3.8) is 0 Å². The van der Waals surface area contributed by atoms with Crippen LogP contribution in [0.15, 0.2) is 212 Å². The van der Waals surface area contributed by atoms with E-state index in [0.717, 1.165) is 28.2 Å². The van der Waals surface area contributed by atoms with Gasteiger partial charge in [0.25, 0.3) is 0 Å². The summed E-state index contributed by atoms with van der Waals surface area (Å²) in [6.45, 7) is 0. The molecule has 0 N–H and O–H groups in total. The van der Waals surface area contributed by atoms with Gasteiger partial charge in [0.1, 0.15) is 5.41 Å². The van der Waals surface area contributed by atoms with Crippen molar-refractivity contribution < 1.29 is 0 Å². The molecule has 0 saturated heterocycles. The summed E-state index contributed by atoms with van der Waals surface area (Å²) in [5.74, 6) is 7.62. The first kappa shape index (κ1) is 31.1. The Hall–Kier alpha value is -6.88. The minimum atomic E-state index is -0.714. The molecule has 0 amide bonds. The number of anilines is 3. The van der Waals surface area contributed by atoms with Crippen molar-refractivity contribution in [1.29, 1.82) is 0 Å². The van der Waals surface area contributed by atoms with Crippen molar-refractivity contribution >= 4 is 17.1 Å². The van der Waals surface area contributed by atoms with E-state index < -0.39 is 5.41 Å². The summed E-state index contributed by atoms with van der Waals surface area (Å²) >= 11 is 0. The molecule has 1 atom stereocenters. The van der Waals surface area contributed by atoms with Crippen LogP contribution in [0.4, 0.5) is 17.1 Å². The zero-order valence-electron chi connectivity index (χ0n) is 28.7. The Kier molecular flexibility index (Phi) is 8.05. The SMILES string of the molecule is C(#CC1(c2ccc(-c3ccccc3)cc2)c2ccccc2-c2ccc(N(c3ccccc3)c3ccccc3)cc21)c1ccc(-c2ccccc2)cc1. The van der Waals surface area contributed by atoms with Gasteiger partial charge in [0.2, 0.25) is 0 Å². The molecule has 0 spiro atoms. The Morgan fingerprint density at radius 3 is 1.38 bits per heavy atom. The molecule has 8 aromatic carbocycles. The summed E-state index contributed by atoms with van der Waals surface area (Å²) in [6, 6.07) is 75.7. The lowest BCUT2D eigenvalue weighted by Crippen LogP contribution is -2.25. The summed E-state index contributed by atoms with van der Waals surface area (Å²) in [7, 11) is 0. The van der Waals surface area contributed by atoms with Gasteiger partial charge in [0.15, 0.2) is 0 Å². The molecule has 0 aromatic heterocycles. The molecule has 0 heterocycles. The highest BCUT2D eigenvalue weighted by Crippen LogP contribution is 2.54. The molecule has 1 heteroatoms. The van der Waals surface area contributed by atoms with Gasteiger partial charge in [-0.1, -0.05) is 176 Å². The molecule has 52 heavy (non-hydrogen) atoms. The van der Waals surface area contributed by atoms with Crippen LogP contribution in [-0.4, -0.2) is 0 Å². The van der Waals surface area contributed by atoms with E-state index in [-0.39, 0.29) is 0 Å². The third kappa shape index (κ3) is 5.58. The zero-order valence-corrected chi connectivity index (χ0v) is 28.7. The number of hydrogen-bond donors (Lipinski definition) is 0. The lowest BCUT2D eigenvalue weighted by Gasteiger charge is -2.30. The number of hydrogen-bond acceptors (Lipinski definition) is 1. The van der Waals surface area contributed by atoms with Gasteiger partial charge in [0.05, 0.1) is 0 Å². The second-order valence-corrected chi connectivity index (χ2v) is 13.2. The molecule has 0 radical (unpaired) electrons. The van der Waals surface area contributed by atoms with Gasteiger partial charge in [-0.15, -0.1) is 0 Å². The highest BCUT2D eigenvalue weighted by atomic mass is 15.1. The van der Waals surface area contributed by atoms with Crippen LogP contribution in [0.2, 0.25) is 0 Å². The molecule has 1 nitrogen and oxygen atoms in total. The minimum absolute atomic E-state index is 0.714. The van der Waals surface area contributed by atoms with E-state index in [4.69, 9.17) is 0 Å². The summed E-state index contributed by atoms with van der Waals surface area (Å²) in [4.78, 5) is 2.34. The Labute approximate surface area is 306 Å². The molecule has 1 aliphatic carbocycles. The van der Waals surface area contributed by atoms with Gasteiger partial charge in [-0.3, -0.25) is 0 Å². The maximum Gasteiger partial charge on any atom is 0.108 e. The second-order valence-electron chi connectivity index (χ2n) is 13.2. The van der Waals surface area contributed by atoms with Crippen LogP contribution in [0.25, 0.3) is 33.4 Å². The molecule has 244 valence electrons. The molecule has 9 rings (SSSR count). The fourth-order valence-electron chi connectivity index (χ4n) is 7.61. The quantitative estimate of drug-likeness (QED) is 0.160. The van der Waals surface area contributed by atoms with Crippen LogP contribution in [0.1, 0.15) is 22.3 Å². The Bertz CT molecular complexity index is 2490. The molecule has 1 aliphatic rings. The number of fused-ring (bicyclic) bond motifs is 3. The minimum Gasteiger partial charge on any atom is -0.310 e. The lowest BCUT2D eigenvalue weighted by molar-refractivity contribution is 0.837. The standard InChI is InChI=1S/C51H35N/c1-5-15-39(16-6-1)41-27-25-38(26-28-41)35-36-51(43-31-29-42(30-32-43)40-17-7-2-8-18-40)49-24-14-13-23-47(49)48-34-33-46(37-50(48)51)52(44-19-9-3-10-20-44)45-21-11-4-12-22-45/h1-34,37H. The van der Waals surface area contributed by atoms with Crippen molar-refractivity contribution in [3.05, 3.63) is 235 Å². The first-order chi connectivity index (χ1) is 25.8. The van der Waals surface area contributed by atoms with Crippen LogP contribution < -0.4 is 4.90 Å². The molecular formula is C51H35N. The number of nitrogens with zero attached hydrogens (tertiary/aromatic N) is 1. The zero-order chi connectivity index (χ0) is 34.7. The molecule has 0 saturated carbocycles. The van der Waals surface area contributed by atoms with Gasteiger partial charge in [-0.25, -0.2) is 0 Å². The van der Waals surface area contributed by atoms with Crippen LogP contribution in [-0.2, 0) is 5.41 Å². The molecular weight excluding hydrogens is 627 g/mol. The van der Waals surface area contributed by atoms with Crippen LogP contribution in [0.5, 0.6) is 0 Å². The fourth-order valence-corrected chi connectivity index (χ4v) is 7.61. The van der Waals surface area contributed by atoms with E-state index in [1.54, 1.807) is 0 Å². The Morgan fingerprint density at radius 1 is 0.346 bits per heavy atom. The van der Waals surface area contributed by atoms with Crippen molar-refractivity contribution in [2.75, 3.05) is 4.90 Å².